The molecule has 8 nitrogen and oxygen atoms in total. The van der Waals surface area contributed by atoms with E-state index in [0.717, 1.165) is 16.9 Å². The number of methoxy groups -OCH3 is 1. The van der Waals surface area contributed by atoms with E-state index >= 15 is 0 Å². The highest BCUT2D eigenvalue weighted by Crippen LogP contribution is 2.24. The van der Waals surface area contributed by atoms with Crippen LogP contribution in [0.5, 0.6) is 0 Å². The van der Waals surface area contributed by atoms with Crippen LogP contribution in [-0.4, -0.2) is 31.6 Å². The smallest absolute Gasteiger partial charge is 0.285 e. The molecule has 0 saturated heterocycles. The zero-order valence-corrected chi connectivity index (χ0v) is 16.3. The Balaban J connectivity index is 2.20. The van der Waals surface area contributed by atoms with Gasteiger partial charge < -0.3 is 9.30 Å². The molecule has 0 N–H and O–H groups in total. The molecule has 0 aliphatic carbocycles. The van der Waals surface area contributed by atoms with Crippen LogP contribution in [0.15, 0.2) is 51.8 Å². The first kappa shape index (κ1) is 19.2. The Bertz CT molecular complexity index is 1160. The normalized spacial score (nSPS) is 12.6. The van der Waals surface area contributed by atoms with Crippen LogP contribution in [-0.2, 0) is 21.3 Å². The largest absolute Gasteiger partial charge is 0.383 e. The minimum atomic E-state index is -3.91. The molecular formula is C17H17N3O5S2. The number of hydrogen-bond acceptors (Lipinski definition) is 6. The molecule has 3 rings (SSSR count). The summed E-state index contributed by atoms with van der Waals surface area (Å²) in [5, 5.41) is 11.0. The van der Waals surface area contributed by atoms with Gasteiger partial charge in [-0.05, 0) is 25.1 Å². The molecule has 142 valence electrons. The number of nitro groups is 1. The van der Waals surface area contributed by atoms with Crippen LogP contribution in [0.25, 0.3) is 10.2 Å². The number of fused-ring (bicyclic) bond motifs is 1. The van der Waals surface area contributed by atoms with E-state index in [2.05, 4.69) is 4.40 Å². The first-order valence-corrected chi connectivity index (χ1v) is 10.2. The van der Waals surface area contributed by atoms with Gasteiger partial charge in [0.05, 0.1) is 26.6 Å². The molecule has 2 aromatic carbocycles. The Kier molecular flexibility index (Phi) is 5.40. The molecule has 0 radical (unpaired) electrons. The molecule has 0 aliphatic heterocycles. The van der Waals surface area contributed by atoms with E-state index in [-0.39, 0.29) is 15.4 Å². The van der Waals surface area contributed by atoms with Gasteiger partial charge in [0.25, 0.3) is 15.7 Å². The highest BCUT2D eigenvalue weighted by molar-refractivity contribution is 7.90. The molecule has 0 aliphatic rings. The molecule has 10 heteroatoms. The lowest BCUT2D eigenvalue weighted by Gasteiger charge is -2.04. The first-order valence-electron chi connectivity index (χ1n) is 7.96. The summed E-state index contributed by atoms with van der Waals surface area (Å²) < 4.78 is 36.7. The van der Waals surface area contributed by atoms with Gasteiger partial charge >= 0.3 is 0 Å². The molecule has 0 atom stereocenters. The molecule has 27 heavy (non-hydrogen) atoms. The SMILES string of the molecule is COCCn1c(=NS(=O)(=O)c2ccc(C)cc2)sc2cc([N+](=O)[O-])ccc21. The summed E-state index contributed by atoms with van der Waals surface area (Å²) in [6, 6.07) is 10.8. The Morgan fingerprint density at radius 1 is 1.22 bits per heavy atom. The van der Waals surface area contributed by atoms with Crippen molar-refractivity contribution >= 4 is 37.3 Å². The lowest BCUT2D eigenvalue weighted by atomic mass is 10.2. The topological polar surface area (TPSA) is 104 Å². The fourth-order valence-electron chi connectivity index (χ4n) is 2.51. The molecule has 3 aromatic rings. The summed E-state index contributed by atoms with van der Waals surface area (Å²) in [7, 11) is -2.37. The number of rotatable bonds is 6. The Labute approximate surface area is 159 Å². The van der Waals surface area contributed by atoms with Crippen molar-refractivity contribution in [3.8, 4) is 0 Å². The number of non-ortho nitro benzene ring substituents is 1. The van der Waals surface area contributed by atoms with Crippen molar-refractivity contribution in [1.29, 1.82) is 0 Å². The fraction of sp³-hybridized carbons (Fsp3) is 0.235. The Morgan fingerprint density at radius 2 is 1.93 bits per heavy atom. The van der Waals surface area contributed by atoms with Gasteiger partial charge in [0.1, 0.15) is 0 Å². The predicted molar refractivity (Wildman–Crippen MR) is 102 cm³/mol. The molecule has 0 unspecified atom stereocenters. The van der Waals surface area contributed by atoms with E-state index < -0.39 is 14.9 Å². The quantitative estimate of drug-likeness (QED) is 0.462. The second-order valence-electron chi connectivity index (χ2n) is 5.82. The number of benzene rings is 2. The standard InChI is InChI=1S/C17H17N3O5S2/c1-12-3-6-14(7-4-12)27(23,24)18-17-19(9-10-25-2)15-8-5-13(20(21)22)11-16(15)26-17/h3-8,11H,9-10H2,1-2H3. The van der Waals surface area contributed by atoms with Crippen molar-refractivity contribution in [1.82, 2.24) is 4.57 Å². The lowest BCUT2D eigenvalue weighted by molar-refractivity contribution is -0.384. The number of aromatic nitrogens is 1. The van der Waals surface area contributed by atoms with Crippen LogP contribution in [0.4, 0.5) is 5.69 Å². The van der Waals surface area contributed by atoms with Crippen molar-refractivity contribution in [2.24, 2.45) is 4.40 Å². The minimum absolute atomic E-state index is 0.0596. The third-order valence-electron chi connectivity index (χ3n) is 3.91. The van der Waals surface area contributed by atoms with E-state index in [1.165, 1.54) is 24.3 Å². The van der Waals surface area contributed by atoms with Gasteiger partial charge in [0.2, 0.25) is 4.80 Å². The third-order valence-corrected chi connectivity index (χ3v) is 6.35. The second-order valence-corrected chi connectivity index (χ2v) is 8.43. The van der Waals surface area contributed by atoms with Gasteiger partial charge in [-0.2, -0.15) is 8.42 Å². The molecule has 1 heterocycles. The molecule has 0 spiro atoms. The van der Waals surface area contributed by atoms with E-state index in [9.17, 15) is 18.5 Å². The van der Waals surface area contributed by atoms with E-state index in [1.807, 2.05) is 6.92 Å². The molecule has 0 amide bonds. The molecule has 0 bridgehead atoms. The average Bonchev–Trinajstić information content (AvgIpc) is 2.95. The van der Waals surface area contributed by atoms with Crippen LogP contribution in [0, 0.1) is 17.0 Å². The number of ether oxygens (including phenoxy) is 1. The second kappa shape index (κ2) is 7.59. The molecule has 0 fully saturated rings. The number of sulfonamides is 1. The van der Waals surface area contributed by atoms with Crippen molar-refractivity contribution in [2.75, 3.05) is 13.7 Å². The summed E-state index contributed by atoms with van der Waals surface area (Å²) in [6.07, 6.45) is 0. The van der Waals surface area contributed by atoms with Gasteiger partial charge in [0.15, 0.2) is 0 Å². The maximum Gasteiger partial charge on any atom is 0.285 e. The molecular weight excluding hydrogens is 390 g/mol. The molecule has 0 saturated carbocycles. The van der Waals surface area contributed by atoms with E-state index in [0.29, 0.717) is 23.4 Å². The minimum Gasteiger partial charge on any atom is -0.383 e. The van der Waals surface area contributed by atoms with Crippen molar-refractivity contribution < 1.29 is 18.1 Å². The highest BCUT2D eigenvalue weighted by atomic mass is 32.2. The number of thiazole rings is 1. The number of hydrogen-bond donors (Lipinski definition) is 0. The number of aryl methyl sites for hydroxylation is 1. The Morgan fingerprint density at radius 3 is 2.56 bits per heavy atom. The highest BCUT2D eigenvalue weighted by Gasteiger charge is 2.16. The van der Waals surface area contributed by atoms with Crippen molar-refractivity contribution in [3.63, 3.8) is 0 Å². The van der Waals surface area contributed by atoms with Crippen LogP contribution < -0.4 is 4.80 Å². The zero-order valence-electron chi connectivity index (χ0n) is 14.7. The third kappa shape index (κ3) is 4.07. The number of nitrogens with zero attached hydrogens (tertiary/aromatic N) is 3. The van der Waals surface area contributed by atoms with Gasteiger partial charge in [-0.1, -0.05) is 29.0 Å². The fourth-order valence-corrected chi connectivity index (χ4v) is 4.80. The summed E-state index contributed by atoms with van der Waals surface area (Å²) in [5.74, 6) is 0. The zero-order chi connectivity index (χ0) is 19.6. The van der Waals surface area contributed by atoms with Crippen molar-refractivity contribution in [2.45, 2.75) is 18.4 Å². The maximum atomic E-state index is 12.7. The van der Waals surface area contributed by atoms with Crippen LogP contribution in [0.3, 0.4) is 0 Å². The summed E-state index contributed by atoms with van der Waals surface area (Å²) in [6.45, 7) is 2.59. The van der Waals surface area contributed by atoms with Crippen LogP contribution in [0.1, 0.15) is 5.56 Å². The maximum absolute atomic E-state index is 12.7. The first-order chi connectivity index (χ1) is 12.8. The number of nitro benzene ring substituents is 1. The van der Waals surface area contributed by atoms with E-state index in [1.54, 1.807) is 29.9 Å². The van der Waals surface area contributed by atoms with E-state index in [4.69, 9.17) is 4.74 Å². The monoisotopic (exact) mass is 407 g/mol. The Hall–Kier alpha value is -2.56. The summed E-state index contributed by atoms with van der Waals surface area (Å²) >= 11 is 1.09. The van der Waals surface area contributed by atoms with Gasteiger partial charge in [-0.3, -0.25) is 10.1 Å². The van der Waals surface area contributed by atoms with Gasteiger partial charge in [-0.15, -0.1) is 4.40 Å². The van der Waals surface area contributed by atoms with Gasteiger partial charge in [-0.25, -0.2) is 0 Å². The summed E-state index contributed by atoms with van der Waals surface area (Å²) in [4.78, 5) is 10.9. The van der Waals surface area contributed by atoms with Crippen molar-refractivity contribution in [3.05, 3.63) is 62.9 Å². The predicted octanol–water partition coefficient (Wildman–Crippen LogP) is 2.86. The lowest BCUT2D eigenvalue weighted by Crippen LogP contribution is -2.19. The average molecular weight is 407 g/mol. The summed E-state index contributed by atoms with van der Waals surface area (Å²) in [5.41, 5.74) is 1.55. The van der Waals surface area contributed by atoms with Crippen LogP contribution in [0.2, 0.25) is 0 Å². The van der Waals surface area contributed by atoms with Crippen LogP contribution >= 0.6 is 11.3 Å². The molecule has 1 aromatic heterocycles. The van der Waals surface area contributed by atoms with Gasteiger partial charge in [0, 0.05) is 25.8 Å².